The number of fused-ring (bicyclic) bond motifs is 1. The Morgan fingerprint density at radius 1 is 1.10 bits per heavy atom. The molecule has 0 fully saturated rings. The van der Waals surface area contributed by atoms with Gasteiger partial charge in [-0.1, -0.05) is 37.3 Å². The Hall–Kier alpha value is -3.54. The van der Waals surface area contributed by atoms with Crippen LogP contribution in [0.25, 0.3) is 10.8 Å². The van der Waals surface area contributed by atoms with Crippen LogP contribution in [0.4, 0.5) is 0 Å². The maximum atomic E-state index is 12.4. The van der Waals surface area contributed by atoms with Gasteiger partial charge in [-0.25, -0.2) is 0 Å². The first kappa shape index (κ1) is 20.7. The summed E-state index contributed by atoms with van der Waals surface area (Å²) in [7, 11) is 0. The number of rotatable bonds is 8. The first-order valence-corrected chi connectivity index (χ1v) is 10.5. The highest BCUT2D eigenvalue weighted by Crippen LogP contribution is 2.21. The quantitative estimate of drug-likeness (QED) is 0.443. The Morgan fingerprint density at radius 3 is 2.68 bits per heavy atom. The highest BCUT2D eigenvalue weighted by molar-refractivity contribution is 5.91. The molecule has 1 atom stereocenters. The van der Waals surface area contributed by atoms with Gasteiger partial charge in [-0.15, -0.1) is 0 Å². The zero-order chi connectivity index (χ0) is 21.8. The van der Waals surface area contributed by atoms with E-state index < -0.39 is 0 Å². The maximum Gasteiger partial charge on any atom is 0.287 e. The molecule has 0 saturated heterocycles. The van der Waals surface area contributed by atoms with E-state index in [2.05, 4.69) is 29.5 Å². The predicted octanol–water partition coefficient (Wildman–Crippen LogP) is 4.89. The van der Waals surface area contributed by atoms with Gasteiger partial charge in [-0.2, -0.15) is 5.10 Å². The fourth-order valence-electron chi connectivity index (χ4n) is 3.56. The van der Waals surface area contributed by atoms with Gasteiger partial charge in [0.05, 0.1) is 5.69 Å². The molecule has 0 aliphatic rings. The molecule has 0 aliphatic carbocycles. The molecule has 2 aromatic carbocycles. The third-order valence-electron chi connectivity index (χ3n) is 5.19. The number of carbonyl (C=O) groups excluding carboxylic acids is 1. The number of benzene rings is 2. The number of aromatic nitrogens is 2. The van der Waals surface area contributed by atoms with Gasteiger partial charge in [-0.05, 0) is 60.9 Å². The van der Waals surface area contributed by atoms with Crippen molar-refractivity contribution in [1.29, 1.82) is 0 Å². The van der Waals surface area contributed by atoms with Gasteiger partial charge in [0.15, 0.2) is 5.76 Å². The monoisotopic (exact) mass is 417 g/mol. The summed E-state index contributed by atoms with van der Waals surface area (Å²) < 4.78 is 13.5. The Labute approximate surface area is 181 Å². The normalized spacial score (nSPS) is 12.1. The SMILES string of the molecule is Cc1cc(C)n(CC(C)CNC(=O)c2ccc(COc3ccc4ccccc4c3)o2)n1. The van der Waals surface area contributed by atoms with Crippen LogP contribution >= 0.6 is 0 Å². The molecule has 0 bridgehead atoms. The number of nitrogens with one attached hydrogen (secondary N) is 1. The molecule has 4 rings (SSSR count). The lowest BCUT2D eigenvalue weighted by Crippen LogP contribution is -2.30. The van der Waals surface area contributed by atoms with Gasteiger partial charge < -0.3 is 14.5 Å². The second kappa shape index (κ2) is 9.08. The zero-order valence-corrected chi connectivity index (χ0v) is 18.1. The lowest BCUT2D eigenvalue weighted by atomic mass is 10.1. The molecule has 4 aromatic rings. The van der Waals surface area contributed by atoms with Crippen molar-refractivity contribution in [3.63, 3.8) is 0 Å². The first-order valence-electron chi connectivity index (χ1n) is 10.5. The summed E-state index contributed by atoms with van der Waals surface area (Å²) >= 11 is 0. The fraction of sp³-hybridized carbons (Fsp3) is 0.280. The highest BCUT2D eigenvalue weighted by Gasteiger charge is 2.14. The minimum absolute atomic E-state index is 0.225. The Bertz CT molecular complexity index is 1190. The van der Waals surface area contributed by atoms with E-state index in [1.54, 1.807) is 12.1 Å². The molecule has 2 heterocycles. The molecule has 6 nitrogen and oxygen atoms in total. The minimum Gasteiger partial charge on any atom is -0.486 e. The number of aryl methyl sites for hydroxylation is 2. The first-order chi connectivity index (χ1) is 15.0. The van der Waals surface area contributed by atoms with E-state index in [0.717, 1.165) is 29.1 Å². The second-order valence-corrected chi connectivity index (χ2v) is 7.99. The van der Waals surface area contributed by atoms with Crippen LogP contribution < -0.4 is 10.1 Å². The molecule has 160 valence electrons. The fourth-order valence-corrected chi connectivity index (χ4v) is 3.56. The molecule has 1 unspecified atom stereocenters. The van der Waals surface area contributed by atoms with Crippen molar-refractivity contribution in [3.05, 3.63) is 83.6 Å². The molecule has 0 saturated carbocycles. The molecular formula is C25H27N3O3. The van der Waals surface area contributed by atoms with E-state index in [-0.39, 0.29) is 24.2 Å². The maximum absolute atomic E-state index is 12.4. The predicted molar refractivity (Wildman–Crippen MR) is 120 cm³/mol. The van der Waals surface area contributed by atoms with Crippen LogP contribution in [0.3, 0.4) is 0 Å². The van der Waals surface area contributed by atoms with Crippen molar-refractivity contribution < 1.29 is 13.9 Å². The lowest BCUT2D eigenvalue weighted by Gasteiger charge is -2.13. The lowest BCUT2D eigenvalue weighted by molar-refractivity contribution is 0.0914. The molecule has 1 N–H and O–H groups in total. The number of furan rings is 1. The van der Waals surface area contributed by atoms with Crippen LogP contribution in [0.5, 0.6) is 5.75 Å². The van der Waals surface area contributed by atoms with Crippen molar-refractivity contribution in [1.82, 2.24) is 15.1 Å². The van der Waals surface area contributed by atoms with Crippen LogP contribution in [-0.2, 0) is 13.2 Å². The van der Waals surface area contributed by atoms with Crippen molar-refractivity contribution in [2.75, 3.05) is 6.54 Å². The summed E-state index contributed by atoms with van der Waals surface area (Å²) in [6.07, 6.45) is 0. The average Bonchev–Trinajstić information content (AvgIpc) is 3.36. The van der Waals surface area contributed by atoms with Gasteiger partial charge in [0.2, 0.25) is 0 Å². The largest absolute Gasteiger partial charge is 0.486 e. The van der Waals surface area contributed by atoms with E-state index >= 15 is 0 Å². The Morgan fingerprint density at radius 2 is 1.90 bits per heavy atom. The third-order valence-corrected chi connectivity index (χ3v) is 5.19. The van der Waals surface area contributed by atoms with Gasteiger partial charge >= 0.3 is 0 Å². The van der Waals surface area contributed by atoms with Crippen LogP contribution in [0.2, 0.25) is 0 Å². The highest BCUT2D eigenvalue weighted by atomic mass is 16.5. The van der Waals surface area contributed by atoms with Crippen LogP contribution in [-0.4, -0.2) is 22.2 Å². The number of carbonyl (C=O) groups is 1. The number of amides is 1. The van der Waals surface area contributed by atoms with E-state index in [0.29, 0.717) is 12.3 Å². The summed E-state index contributed by atoms with van der Waals surface area (Å²) in [6, 6.07) is 19.6. The van der Waals surface area contributed by atoms with E-state index in [4.69, 9.17) is 9.15 Å². The number of ether oxygens (including phenoxy) is 1. The topological polar surface area (TPSA) is 69.3 Å². The molecule has 0 spiro atoms. The standard InChI is InChI=1S/C25H27N3O3/c1-17(15-28-19(3)12-18(2)27-28)14-26-25(29)24-11-10-23(31-24)16-30-22-9-8-20-6-4-5-7-21(20)13-22/h4-13,17H,14-16H2,1-3H3,(H,26,29). The third kappa shape index (κ3) is 5.15. The van der Waals surface area contributed by atoms with Gasteiger partial charge in [0, 0.05) is 18.8 Å². The molecule has 31 heavy (non-hydrogen) atoms. The van der Waals surface area contributed by atoms with Crippen molar-refractivity contribution >= 4 is 16.7 Å². The minimum atomic E-state index is -0.225. The molecule has 2 aromatic heterocycles. The number of hydrogen-bond acceptors (Lipinski definition) is 4. The van der Waals surface area contributed by atoms with Gasteiger partial charge in [-0.3, -0.25) is 9.48 Å². The van der Waals surface area contributed by atoms with Gasteiger partial charge in [0.25, 0.3) is 5.91 Å². The summed E-state index contributed by atoms with van der Waals surface area (Å²) in [6.45, 7) is 7.66. The number of hydrogen-bond donors (Lipinski definition) is 1. The molecule has 6 heteroatoms. The van der Waals surface area contributed by atoms with Gasteiger partial charge in [0.1, 0.15) is 18.1 Å². The molecule has 0 radical (unpaired) electrons. The van der Waals surface area contributed by atoms with E-state index in [1.165, 1.54) is 5.39 Å². The van der Waals surface area contributed by atoms with Crippen molar-refractivity contribution in [2.24, 2.45) is 5.92 Å². The smallest absolute Gasteiger partial charge is 0.287 e. The summed E-state index contributed by atoms with van der Waals surface area (Å²) in [4.78, 5) is 12.4. The van der Waals surface area contributed by atoms with Crippen LogP contribution in [0.1, 0.15) is 34.6 Å². The molecule has 0 aliphatic heterocycles. The Balaban J connectivity index is 1.28. The Kier molecular flexibility index (Phi) is 6.07. The average molecular weight is 418 g/mol. The molecular weight excluding hydrogens is 390 g/mol. The summed E-state index contributed by atoms with van der Waals surface area (Å²) in [5.41, 5.74) is 2.13. The summed E-state index contributed by atoms with van der Waals surface area (Å²) in [5.74, 6) is 1.67. The summed E-state index contributed by atoms with van der Waals surface area (Å²) in [5, 5.41) is 9.70. The zero-order valence-electron chi connectivity index (χ0n) is 18.1. The molecule has 1 amide bonds. The van der Waals surface area contributed by atoms with Crippen LogP contribution in [0.15, 0.2) is 65.1 Å². The van der Waals surface area contributed by atoms with Crippen molar-refractivity contribution in [2.45, 2.75) is 33.9 Å². The van der Waals surface area contributed by atoms with E-state index in [1.807, 2.05) is 54.9 Å². The van der Waals surface area contributed by atoms with Crippen LogP contribution in [0, 0.1) is 19.8 Å². The van der Waals surface area contributed by atoms with Crippen molar-refractivity contribution in [3.8, 4) is 5.75 Å². The second-order valence-electron chi connectivity index (χ2n) is 7.99. The van der Waals surface area contributed by atoms with E-state index in [9.17, 15) is 4.79 Å². The number of nitrogens with zero attached hydrogens (tertiary/aromatic N) is 2.